The molecule has 0 saturated carbocycles. The minimum atomic E-state index is -5.51. The number of methoxy groups -OCH3 is 4. The highest BCUT2D eigenvalue weighted by Crippen LogP contribution is 2.69. The lowest BCUT2D eigenvalue weighted by Gasteiger charge is -2.62. The molecular weight excluding hydrogens is 1860 g/mol. The van der Waals surface area contributed by atoms with E-state index in [1.165, 1.54) is 66.6 Å². The molecule has 0 aliphatic carbocycles. The average molecular weight is 1940 g/mol. The molecule has 0 amide bonds. The number of aromatic hydroxyl groups is 1. The zero-order valence-corrected chi connectivity index (χ0v) is 75.4. The highest BCUT2D eigenvalue weighted by Gasteiger charge is 2.66. The first-order valence-electron chi connectivity index (χ1n) is 42.0. The summed E-state index contributed by atoms with van der Waals surface area (Å²) in [5.41, 5.74) is -1.10. The summed E-state index contributed by atoms with van der Waals surface area (Å²) in [5.74, 6) is -15.3. The molecule has 20 rings (SSSR count). The first-order chi connectivity index (χ1) is 63.6. The number of carbonyl (C=O) groups excluding carboxylic acids is 7. The summed E-state index contributed by atoms with van der Waals surface area (Å²) in [6.45, 7) is 9.09. The molecule has 14 aliphatic heterocycles. The number of ether oxygens (including phenoxy) is 16. The summed E-state index contributed by atoms with van der Waals surface area (Å²) in [5, 5.41) is 37.2. The molecule has 720 valence electrons. The summed E-state index contributed by atoms with van der Waals surface area (Å²) >= 11 is 2.01. The summed E-state index contributed by atoms with van der Waals surface area (Å²) in [6, 6.07) is 3.08. The van der Waals surface area contributed by atoms with Crippen LogP contribution >= 0.6 is 23.5 Å². The number of phenols is 1. The Labute approximate surface area is 768 Å². The van der Waals surface area contributed by atoms with Gasteiger partial charge in [-0.2, -0.15) is 63.2 Å². The molecule has 135 heavy (non-hydrogen) atoms. The number of aryl methyl sites for hydroxylation is 2. The third-order valence-electron chi connectivity index (χ3n) is 26.6. The standard InChI is InChI=1S/C47H46F6N4O13S.C42H38F6N4O11S/c1-19-11-22-12-24-25(15-54)57-26-16-64-40(58)45(23-14-27(62-7)28(13-21(23)9-10-55-45)67-43(61)70-44(3,4)5)17-71-39(31-30(26)37-36(65-18-66-37)20(2)35(31)68-41(59)46(48,49)50)33(57)32(56(24)6)29(22)38(34(19)63-8)69-42(60)47(51,52)53;1-16-8-19-9-21-22(12-49)52-23-13-59-37(54)40(20-11-25(57-4)24(53)10-18(20)6-7-50-40)14-64-36(28-27(23)34-33(60-15-61-34)17(2)32(28)62-38(55)41(43,44)45)30(52)29(51(21)3)26(19)35(31(16)58-5)63-39(56)42(46,47)48/h11,13-14,24-26,32-33,39,55H,9-10,12,16-18H2,1-8H3;8,10-11,21-23,29-30,36,50,53H,6-7,9,13-15H2,1-5H3/t24-,25-,26-,32+,33?,39+,45+;21-,22-,23-,29+,30?,36+,40+/m00/s1. The Morgan fingerprint density at radius 2 is 0.852 bits per heavy atom. The minimum Gasteiger partial charge on any atom is -0.504 e. The van der Waals surface area contributed by atoms with Gasteiger partial charge in [0.1, 0.15) is 42.4 Å². The van der Waals surface area contributed by atoms with Gasteiger partial charge in [0.25, 0.3) is 0 Å². The Kier molecular flexibility index (Phi) is 24.0. The Bertz CT molecular complexity index is 6100. The molecule has 46 heteroatoms. The van der Waals surface area contributed by atoms with Crippen LogP contribution in [0.1, 0.15) is 144 Å². The van der Waals surface area contributed by atoms with Crippen molar-refractivity contribution in [3.05, 3.63) is 125 Å². The van der Waals surface area contributed by atoms with Crippen molar-refractivity contribution in [2.24, 2.45) is 0 Å². The highest BCUT2D eigenvalue weighted by molar-refractivity contribution is 7.99. The molecule has 3 N–H and O–H groups in total. The fourth-order valence-corrected chi connectivity index (χ4v) is 24.7. The van der Waals surface area contributed by atoms with Gasteiger partial charge in [0, 0.05) is 93.3 Å². The van der Waals surface area contributed by atoms with E-state index < -0.39 is 204 Å². The van der Waals surface area contributed by atoms with Crippen LogP contribution < -0.4 is 72.2 Å². The molecule has 6 aromatic carbocycles. The van der Waals surface area contributed by atoms with Crippen molar-refractivity contribution in [1.82, 2.24) is 30.2 Å². The number of piperazine rings is 2. The number of halogens is 12. The van der Waals surface area contributed by atoms with Crippen molar-refractivity contribution < 1.29 is 167 Å². The molecule has 14 atom stereocenters. The Morgan fingerprint density at radius 1 is 0.474 bits per heavy atom. The van der Waals surface area contributed by atoms with E-state index in [-0.39, 0.29) is 146 Å². The second-order valence-corrected chi connectivity index (χ2v) is 37.3. The molecule has 14 aliphatic rings. The van der Waals surface area contributed by atoms with Gasteiger partial charge >= 0.3 is 66.7 Å². The quantitative estimate of drug-likeness (QED) is 0.0398. The van der Waals surface area contributed by atoms with Gasteiger partial charge in [0.2, 0.25) is 13.6 Å². The van der Waals surface area contributed by atoms with Gasteiger partial charge in [-0.3, -0.25) is 30.2 Å². The van der Waals surface area contributed by atoms with Crippen LogP contribution in [-0.4, -0.2) is 227 Å². The Balaban J connectivity index is 0.000000189. The van der Waals surface area contributed by atoms with Crippen molar-refractivity contribution in [1.29, 1.82) is 10.5 Å². The van der Waals surface area contributed by atoms with Gasteiger partial charge < -0.3 is 80.9 Å². The van der Waals surface area contributed by atoms with E-state index >= 15 is 4.79 Å². The first kappa shape index (κ1) is 95.0. The summed E-state index contributed by atoms with van der Waals surface area (Å²) in [6.07, 6.45) is -22.2. The normalized spacial score (nSPS) is 26.3. The SMILES string of the molecule is COc1cc2c(cc1O)CCN[C@]21CS[C@@H]2c3c(OC(=O)C(F)(F)F)c(C)c4c(c3[C@H](COC1=O)N1C2[C@H]2c3c(cc(C)c(OC)c3OC(=O)C(F)(F)F)C[C@@H]([C@@H]1C#N)N2C)OCO4.COc1cc2c(cc1OC(=O)OC(C)(C)C)CCN[C@]21CS[C@@H]2c3c(OC(=O)C(F)(F)F)c(C)c4c(c3[C@H](COC1=O)N1C2[C@H]2c3c(cc(C)c(OC)c3OC(=O)C(F)(F)F)C[C@@H]([C@@H]1C#N)N2C)OCO4. The number of thioether (sulfide) groups is 2. The molecule has 4 fully saturated rings. The predicted molar refractivity (Wildman–Crippen MR) is 442 cm³/mol. The number of hydrogen-bond donors (Lipinski definition) is 3. The number of benzene rings is 6. The third-order valence-corrected chi connectivity index (χ3v) is 29.6. The van der Waals surface area contributed by atoms with Crippen LogP contribution in [0.4, 0.5) is 57.5 Å². The zero-order valence-electron chi connectivity index (χ0n) is 73.7. The number of alkyl halides is 12. The van der Waals surface area contributed by atoms with Gasteiger partial charge in [0.15, 0.2) is 80.1 Å². The van der Waals surface area contributed by atoms with Crippen molar-refractivity contribution in [3.8, 4) is 92.6 Å². The molecule has 8 bridgehead atoms. The molecule has 14 heterocycles. The van der Waals surface area contributed by atoms with E-state index in [0.29, 0.717) is 50.9 Å². The van der Waals surface area contributed by atoms with Crippen molar-refractivity contribution in [2.75, 3.05) is 93.9 Å². The van der Waals surface area contributed by atoms with E-state index in [0.717, 1.165) is 23.5 Å². The number of likely N-dealkylation sites (N-methyl/N-ethyl adjacent to an activating group) is 2. The number of phenolic OH excluding ortho intramolecular Hbond substituents is 1. The summed E-state index contributed by atoms with van der Waals surface area (Å²) in [7, 11) is 8.26. The van der Waals surface area contributed by atoms with Gasteiger partial charge in [0.05, 0.1) is 75.2 Å². The molecule has 4 saturated heterocycles. The monoisotopic (exact) mass is 1940 g/mol. The van der Waals surface area contributed by atoms with Crippen LogP contribution in [-0.2, 0) is 79.7 Å². The van der Waals surface area contributed by atoms with Crippen LogP contribution in [0.3, 0.4) is 0 Å². The van der Waals surface area contributed by atoms with Crippen molar-refractivity contribution in [2.45, 2.75) is 186 Å². The molecule has 6 aromatic rings. The maximum atomic E-state index is 15.1. The third kappa shape index (κ3) is 15.5. The number of nitrogens with one attached hydrogen (secondary N) is 2. The van der Waals surface area contributed by atoms with Gasteiger partial charge in [-0.1, -0.05) is 12.1 Å². The van der Waals surface area contributed by atoms with E-state index in [4.69, 9.17) is 75.8 Å². The number of nitrogens with zero attached hydrogens (tertiary/aromatic N) is 6. The first-order valence-corrected chi connectivity index (χ1v) is 44.1. The molecule has 32 nitrogen and oxygen atoms in total. The van der Waals surface area contributed by atoms with E-state index in [1.807, 2.05) is 0 Å². The number of carbonyl (C=O) groups is 7. The summed E-state index contributed by atoms with van der Waals surface area (Å²) < 4.78 is 261. The van der Waals surface area contributed by atoms with Gasteiger partial charge in [-0.15, -0.1) is 23.5 Å². The second-order valence-electron chi connectivity index (χ2n) is 35.0. The molecule has 0 radical (unpaired) electrons. The Morgan fingerprint density at radius 3 is 1.22 bits per heavy atom. The topological polar surface area (TPSA) is 372 Å². The Hall–Kier alpha value is -11.8. The van der Waals surface area contributed by atoms with Gasteiger partial charge in [-0.05, 0) is 157 Å². The van der Waals surface area contributed by atoms with E-state index in [1.54, 1.807) is 80.4 Å². The van der Waals surface area contributed by atoms with E-state index in [2.05, 4.69) is 22.8 Å². The smallest absolute Gasteiger partial charge is 0.504 e. The van der Waals surface area contributed by atoms with Gasteiger partial charge in [-0.25, -0.2) is 33.6 Å². The number of rotatable bonds is 9. The maximum absolute atomic E-state index is 15.1. The summed E-state index contributed by atoms with van der Waals surface area (Å²) in [4.78, 5) is 101. The lowest BCUT2D eigenvalue weighted by Crippen LogP contribution is -2.69. The van der Waals surface area contributed by atoms with Crippen molar-refractivity contribution in [3.63, 3.8) is 0 Å². The van der Waals surface area contributed by atoms with Crippen LogP contribution in [0, 0.1) is 50.4 Å². The number of fused-ring (bicyclic) bond motifs is 18. The lowest BCUT2D eigenvalue weighted by atomic mass is 9.71. The minimum absolute atomic E-state index is 0.00778. The molecule has 2 spiro atoms. The highest BCUT2D eigenvalue weighted by atomic mass is 32.2. The fourth-order valence-electron chi connectivity index (χ4n) is 21.3. The zero-order chi connectivity index (χ0) is 97.4. The molecule has 0 aromatic heterocycles. The molecule has 2 unspecified atom stereocenters. The van der Waals surface area contributed by atoms with Crippen LogP contribution in [0.25, 0.3) is 0 Å². The van der Waals surface area contributed by atoms with Crippen LogP contribution in [0.5, 0.6) is 80.5 Å². The lowest BCUT2D eigenvalue weighted by molar-refractivity contribution is -0.190. The largest absolute Gasteiger partial charge is 0.514 e. The number of esters is 6. The predicted octanol–water partition coefficient (Wildman–Crippen LogP) is 12.2. The van der Waals surface area contributed by atoms with Crippen LogP contribution in [0.2, 0.25) is 0 Å². The van der Waals surface area contributed by atoms with Crippen molar-refractivity contribution >= 4 is 65.5 Å². The molecular formula is C89H84F12N8O24S2. The fraction of sp³-hybridized carbons (Fsp3) is 0.494. The van der Waals surface area contributed by atoms with Crippen LogP contribution in [0.15, 0.2) is 36.4 Å². The second kappa shape index (κ2) is 34.2. The maximum Gasteiger partial charge on any atom is 0.514 e. The average Bonchev–Trinajstić information content (AvgIpc) is 1.64. The number of hydrogen-bond acceptors (Lipinski definition) is 34. The number of nitriles is 2. The van der Waals surface area contributed by atoms with E-state index in [9.17, 15) is 97.1 Å².